The number of carboxylic acids is 1. The van der Waals surface area contributed by atoms with E-state index in [1.165, 1.54) is 0 Å². The molecule has 0 spiro atoms. The number of amides is 1. The number of aliphatic carboxylic acids is 1. The summed E-state index contributed by atoms with van der Waals surface area (Å²) in [6.07, 6.45) is 0.753. The second-order valence-electron chi connectivity index (χ2n) is 7.49. The molecule has 0 radical (unpaired) electrons. The fraction of sp³-hybridized carbons (Fsp3) is 0.261. The molecule has 0 bridgehead atoms. The Balaban J connectivity index is 1.29. The van der Waals surface area contributed by atoms with Gasteiger partial charge in [0, 0.05) is 37.8 Å². The van der Waals surface area contributed by atoms with Gasteiger partial charge in [-0.2, -0.15) is 0 Å². The van der Waals surface area contributed by atoms with E-state index in [0.29, 0.717) is 25.4 Å². The van der Waals surface area contributed by atoms with Crippen LogP contribution >= 0.6 is 0 Å². The lowest BCUT2D eigenvalue weighted by Gasteiger charge is -2.36. The molecule has 0 saturated carbocycles. The second kappa shape index (κ2) is 8.92. The minimum Gasteiger partial charge on any atom is -0.481 e. The standard InChI is InChI=1S/C23H23N3O4/c27-22(24-11-10-16-4-2-1-3-5-16)20-12-21(30-25-20)18-8-6-17(7-9-18)13-26-14-19(15-26)23(28)29/h1-9,12,19H,10-11,13-15H2,(H,24,27)(H,28,29). The van der Waals surface area contributed by atoms with Crippen molar-refractivity contribution in [2.24, 2.45) is 5.92 Å². The number of hydrogen-bond donors (Lipinski definition) is 2. The van der Waals surface area contributed by atoms with E-state index in [4.69, 9.17) is 9.63 Å². The highest BCUT2D eigenvalue weighted by molar-refractivity contribution is 5.93. The van der Waals surface area contributed by atoms with Crippen molar-refractivity contribution < 1.29 is 19.2 Å². The first-order valence-corrected chi connectivity index (χ1v) is 9.92. The van der Waals surface area contributed by atoms with Gasteiger partial charge in [0.2, 0.25) is 0 Å². The number of nitrogens with one attached hydrogen (secondary N) is 1. The Hall–Kier alpha value is -3.45. The molecule has 7 nitrogen and oxygen atoms in total. The second-order valence-corrected chi connectivity index (χ2v) is 7.49. The highest BCUT2D eigenvalue weighted by Gasteiger charge is 2.32. The third-order valence-corrected chi connectivity index (χ3v) is 5.24. The lowest BCUT2D eigenvalue weighted by molar-refractivity contribution is -0.147. The Morgan fingerprint density at radius 3 is 2.50 bits per heavy atom. The molecule has 1 aromatic heterocycles. The summed E-state index contributed by atoms with van der Waals surface area (Å²) >= 11 is 0. The summed E-state index contributed by atoms with van der Waals surface area (Å²) < 4.78 is 5.34. The van der Waals surface area contributed by atoms with Gasteiger partial charge in [0.15, 0.2) is 11.5 Å². The molecule has 1 aliphatic rings. The van der Waals surface area contributed by atoms with Gasteiger partial charge in [-0.25, -0.2) is 0 Å². The Bertz CT molecular complexity index is 1010. The molecule has 2 aromatic carbocycles. The number of rotatable bonds is 8. The van der Waals surface area contributed by atoms with Crippen molar-refractivity contribution in [1.29, 1.82) is 0 Å². The molecule has 2 N–H and O–H groups in total. The molecule has 154 valence electrons. The number of hydrogen-bond acceptors (Lipinski definition) is 5. The first kappa shape index (κ1) is 19.8. The van der Waals surface area contributed by atoms with Crippen LogP contribution in [0, 0.1) is 5.92 Å². The van der Waals surface area contributed by atoms with E-state index >= 15 is 0 Å². The van der Waals surface area contributed by atoms with E-state index < -0.39 is 5.97 Å². The Labute approximate surface area is 174 Å². The molecule has 0 aliphatic carbocycles. The van der Waals surface area contributed by atoms with Gasteiger partial charge in [-0.3, -0.25) is 14.5 Å². The fourth-order valence-corrected chi connectivity index (χ4v) is 3.46. The van der Waals surface area contributed by atoms with Crippen molar-refractivity contribution in [3.8, 4) is 11.3 Å². The van der Waals surface area contributed by atoms with E-state index in [-0.39, 0.29) is 17.5 Å². The maximum absolute atomic E-state index is 12.3. The summed E-state index contributed by atoms with van der Waals surface area (Å²) in [5, 5.41) is 15.7. The maximum atomic E-state index is 12.3. The third-order valence-electron chi connectivity index (χ3n) is 5.24. The van der Waals surface area contributed by atoms with Crippen LogP contribution in [0.3, 0.4) is 0 Å². The predicted octanol–water partition coefficient (Wildman–Crippen LogP) is 2.83. The minimum absolute atomic E-state index is 0.252. The van der Waals surface area contributed by atoms with Crippen LogP contribution in [0.15, 0.2) is 65.2 Å². The monoisotopic (exact) mass is 405 g/mol. The highest BCUT2D eigenvalue weighted by atomic mass is 16.5. The van der Waals surface area contributed by atoms with E-state index in [0.717, 1.165) is 29.7 Å². The lowest BCUT2D eigenvalue weighted by atomic mass is 9.99. The van der Waals surface area contributed by atoms with Gasteiger partial charge in [0.1, 0.15) is 0 Å². The third kappa shape index (κ3) is 4.75. The lowest BCUT2D eigenvalue weighted by Crippen LogP contribution is -2.49. The first-order chi connectivity index (χ1) is 14.6. The molecule has 1 amide bonds. The average Bonchev–Trinajstić information content (AvgIpc) is 3.22. The number of likely N-dealkylation sites (tertiary alicyclic amines) is 1. The smallest absolute Gasteiger partial charge is 0.309 e. The summed E-state index contributed by atoms with van der Waals surface area (Å²) in [7, 11) is 0. The molecular weight excluding hydrogens is 382 g/mol. The van der Waals surface area contributed by atoms with Gasteiger partial charge < -0.3 is 14.9 Å². The molecule has 0 unspecified atom stereocenters. The van der Waals surface area contributed by atoms with Gasteiger partial charge in [-0.05, 0) is 17.5 Å². The molecular formula is C23H23N3O4. The van der Waals surface area contributed by atoms with Gasteiger partial charge in [0.05, 0.1) is 5.92 Å². The van der Waals surface area contributed by atoms with Crippen molar-refractivity contribution in [2.75, 3.05) is 19.6 Å². The zero-order valence-corrected chi connectivity index (χ0v) is 16.5. The van der Waals surface area contributed by atoms with E-state index in [1.807, 2.05) is 54.6 Å². The largest absolute Gasteiger partial charge is 0.481 e. The summed E-state index contributed by atoms with van der Waals surface area (Å²) in [5.74, 6) is -0.712. The zero-order valence-electron chi connectivity index (χ0n) is 16.5. The van der Waals surface area contributed by atoms with Crippen molar-refractivity contribution in [2.45, 2.75) is 13.0 Å². The molecule has 0 atom stereocenters. The van der Waals surface area contributed by atoms with Gasteiger partial charge in [0.25, 0.3) is 5.91 Å². The molecule has 30 heavy (non-hydrogen) atoms. The van der Waals surface area contributed by atoms with Crippen LogP contribution in [-0.2, 0) is 17.8 Å². The topological polar surface area (TPSA) is 95.7 Å². The number of benzene rings is 2. The van der Waals surface area contributed by atoms with Crippen LogP contribution in [0.5, 0.6) is 0 Å². The molecule has 1 aliphatic heterocycles. The summed E-state index contributed by atoms with van der Waals surface area (Å²) in [6.45, 7) is 2.42. The highest BCUT2D eigenvalue weighted by Crippen LogP contribution is 2.23. The average molecular weight is 405 g/mol. The quantitative estimate of drug-likeness (QED) is 0.598. The van der Waals surface area contributed by atoms with Crippen molar-refractivity contribution in [3.05, 3.63) is 77.5 Å². The van der Waals surface area contributed by atoms with Crippen LogP contribution in [0.25, 0.3) is 11.3 Å². The SMILES string of the molecule is O=C(NCCc1ccccc1)c1cc(-c2ccc(CN3CC(C(=O)O)C3)cc2)on1. The zero-order chi connectivity index (χ0) is 20.9. The number of carbonyl (C=O) groups is 2. The van der Waals surface area contributed by atoms with Gasteiger partial charge >= 0.3 is 5.97 Å². The Kier molecular flexibility index (Phi) is 5.90. The van der Waals surface area contributed by atoms with Crippen molar-refractivity contribution in [1.82, 2.24) is 15.4 Å². The maximum Gasteiger partial charge on any atom is 0.309 e. The van der Waals surface area contributed by atoms with Crippen LogP contribution in [0.2, 0.25) is 0 Å². The number of carboxylic acid groups (broad SMARTS) is 1. The predicted molar refractivity (Wildman–Crippen MR) is 111 cm³/mol. The van der Waals surface area contributed by atoms with Crippen LogP contribution in [-0.4, -0.2) is 46.7 Å². The molecule has 1 saturated heterocycles. The molecule has 7 heteroatoms. The van der Waals surface area contributed by atoms with Crippen LogP contribution < -0.4 is 5.32 Å². The van der Waals surface area contributed by atoms with Crippen molar-refractivity contribution >= 4 is 11.9 Å². The van der Waals surface area contributed by atoms with Crippen LogP contribution in [0.4, 0.5) is 0 Å². The molecule has 1 fully saturated rings. The van der Waals surface area contributed by atoms with E-state index in [1.54, 1.807) is 6.07 Å². The van der Waals surface area contributed by atoms with E-state index in [9.17, 15) is 9.59 Å². The normalized spacial score (nSPS) is 14.3. The molecule has 3 aromatic rings. The van der Waals surface area contributed by atoms with E-state index in [2.05, 4.69) is 15.4 Å². The number of nitrogens with zero attached hydrogens (tertiary/aromatic N) is 2. The fourth-order valence-electron chi connectivity index (χ4n) is 3.46. The molecule has 4 rings (SSSR count). The van der Waals surface area contributed by atoms with Gasteiger partial charge in [-0.15, -0.1) is 0 Å². The first-order valence-electron chi connectivity index (χ1n) is 9.92. The van der Waals surface area contributed by atoms with Crippen molar-refractivity contribution in [3.63, 3.8) is 0 Å². The Morgan fingerprint density at radius 2 is 1.80 bits per heavy atom. The summed E-state index contributed by atoms with van der Waals surface area (Å²) in [5.41, 5.74) is 3.35. The van der Waals surface area contributed by atoms with Gasteiger partial charge in [-0.1, -0.05) is 59.8 Å². The summed E-state index contributed by atoms with van der Waals surface area (Å²) in [4.78, 5) is 25.3. The molecule has 2 heterocycles. The minimum atomic E-state index is -0.730. The van der Waals surface area contributed by atoms with Crippen LogP contribution in [0.1, 0.15) is 21.6 Å². The Morgan fingerprint density at radius 1 is 1.07 bits per heavy atom. The summed E-state index contributed by atoms with van der Waals surface area (Å²) in [6, 6.07) is 19.4. The number of carbonyl (C=O) groups excluding carboxylic acids is 1. The number of aromatic nitrogens is 1.